The Hall–Kier alpha value is -2.88. The second-order valence-electron chi connectivity index (χ2n) is 7.56. The molecule has 0 spiro atoms. The molecule has 0 unspecified atom stereocenters. The van der Waals surface area contributed by atoms with E-state index in [-0.39, 0.29) is 34.9 Å². The quantitative estimate of drug-likeness (QED) is 0.802. The summed E-state index contributed by atoms with van der Waals surface area (Å²) in [6.07, 6.45) is -4.65. The van der Waals surface area contributed by atoms with Crippen molar-refractivity contribution in [3.05, 3.63) is 35.4 Å². The van der Waals surface area contributed by atoms with Crippen molar-refractivity contribution in [1.82, 2.24) is 15.1 Å². The summed E-state index contributed by atoms with van der Waals surface area (Å²) in [6, 6.07) is 4.98. The predicted molar refractivity (Wildman–Crippen MR) is 102 cm³/mol. The van der Waals surface area contributed by atoms with Crippen LogP contribution in [0.15, 0.2) is 24.3 Å². The van der Waals surface area contributed by atoms with Crippen molar-refractivity contribution in [2.75, 3.05) is 31.1 Å². The number of ether oxygens (including phenoxy) is 1. The second kappa shape index (κ2) is 7.42. The highest BCUT2D eigenvalue weighted by Crippen LogP contribution is 2.38. The molecular formula is C20H21F3N4O3. The van der Waals surface area contributed by atoms with Gasteiger partial charge in [-0.25, -0.2) is 0 Å². The summed E-state index contributed by atoms with van der Waals surface area (Å²) >= 11 is 0. The number of morpholine rings is 1. The number of hydrogen-bond donors (Lipinski definition) is 1. The number of amides is 1. The van der Waals surface area contributed by atoms with Gasteiger partial charge in [0, 0.05) is 32.1 Å². The Morgan fingerprint density at radius 1 is 1.23 bits per heavy atom. The van der Waals surface area contributed by atoms with Gasteiger partial charge in [-0.2, -0.15) is 13.2 Å². The molecule has 0 radical (unpaired) electrons. The zero-order valence-electron chi connectivity index (χ0n) is 16.5. The maximum atomic E-state index is 12.9. The highest BCUT2D eigenvalue weighted by Gasteiger charge is 2.41. The van der Waals surface area contributed by atoms with Crippen molar-refractivity contribution in [3.8, 4) is 17.0 Å². The van der Waals surface area contributed by atoms with E-state index in [9.17, 15) is 23.1 Å². The molecule has 0 saturated carbocycles. The number of anilines is 1. The molecule has 1 aromatic heterocycles. The van der Waals surface area contributed by atoms with Gasteiger partial charge in [0.05, 0.1) is 30.0 Å². The van der Waals surface area contributed by atoms with Crippen molar-refractivity contribution < 1.29 is 27.8 Å². The van der Waals surface area contributed by atoms with Gasteiger partial charge in [-0.1, -0.05) is 0 Å². The number of alkyl halides is 3. The minimum Gasteiger partial charge on any atom is -0.507 e. The summed E-state index contributed by atoms with van der Waals surface area (Å²) in [5, 5.41) is 18.6. The molecule has 2 aromatic rings. The molecule has 30 heavy (non-hydrogen) atoms. The van der Waals surface area contributed by atoms with E-state index in [1.165, 1.54) is 13.8 Å². The number of phenolic OH excluding ortho intramolecular Hbond substituents is 1. The molecule has 2 saturated heterocycles. The smallest absolute Gasteiger partial charge is 0.416 e. The highest BCUT2D eigenvalue weighted by atomic mass is 19.4. The molecule has 2 fully saturated rings. The Morgan fingerprint density at radius 3 is 2.60 bits per heavy atom. The lowest BCUT2D eigenvalue weighted by Crippen LogP contribution is -2.51. The van der Waals surface area contributed by atoms with Crippen LogP contribution in [0, 0.1) is 6.92 Å². The van der Waals surface area contributed by atoms with Gasteiger partial charge < -0.3 is 19.6 Å². The number of rotatable bonds is 2. The first-order valence-corrected chi connectivity index (χ1v) is 9.54. The first kappa shape index (κ1) is 20.4. The molecule has 4 rings (SSSR count). The van der Waals surface area contributed by atoms with Gasteiger partial charge in [0.1, 0.15) is 5.75 Å². The second-order valence-corrected chi connectivity index (χ2v) is 7.56. The number of carbonyl (C=O) groups is 1. The van der Waals surface area contributed by atoms with E-state index < -0.39 is 17.5 Å². The number of hydrogen-bond acceptors (Lipinski definition) is 6. The molecule has 2 aliphatic heterocycles. The third-order valence-corrected chi connectivity index (χ3v) is 5.59. The van der Waals surface area contributed by atoms with Crippen molar-refractivity contribution in [2.45, 2.75) is 32.2 Å². The standard InChI is InChI=1S/C20H21F3N4O3/c1-11-7-13(20(21,22)23)8-16(29)19(11)14-3-4-18(25-24-14)27-5-6-30-17-10-26(12(2)28)9-15(17)27/h3-4,7-8,15,17,29H,5-6,9-10H2,1-2H3/t15-,17+/m0/s1. The van der Waals surface area contributed by atoms with Crippen LogP contribution < -0.4 is 4.90 Å². The fourth-order valence-electron chi connectivity index (χ4n) is 4.11. The number of benzene rings is 1. The number of likely N-dealkylation sites (tertiary alicyclic amines) is 1. The van der Waals surface area contributed by atoms with Crippen LogP contribution in [0.5, 0.6) is 5.75 Å². The Bertz CT molecular complexity index is 942. The van der Waals surface area contributed by atoms with Crippen LogP contribution in [-0.2, 0) is 15.7 Å². The van der Waals surface area contributed by atoms with E-state index in [4.69, 9.17) is 4.74 Å². The number of aryl methyl sites for hydroxylation is 1. The number of aromatic hydroxyl groups is 1. The Morgan fingerprint density at radius 2 is 2.00 bits per heavy atom. The maximum Gasteiger partial charge on any atom is 0.416 e. The van der Waals surface area contributed by atoms with E-state index in [1.54, 1.807) is 17.0 Å². The number of nitrogens with zero attached hydrogens (tertiary/aromatic N) is 4. The average molecular weight is 422 g/mol. The Kier molecular flexibility index (Phi) is 5.05. The molecule has 7 nitrogen and oxygen atoms in total. The molecule has 3 heterocycles. The molecule has 1 aromatic carbocycles. The lowest BCUT2D eigenvalue weighted by molar-refractivity contribution is -0.137. The third-order valence-electron chi connectivity index (χ3n) is 5.59. The first-order chi connectivity index (χ1) is 14.1. The Balaban J connectivity index is 1.60. The summed E-state index contributed by atoms with van der Waals surface area (Å²) in [4.78, 5) is 15.5. The molecule has 10 heteroatoms. The minimum atomic E-state index is -4.54. The molecular weight excluding hydrogens is 401 g/mol. The van der Waals surface area contributed by atoms with Crippen LogP contribution in [0.2, 0.25) is 0 Å². The van der Waals surface area contributed by atoms with Gasteiger partial charge in [0.15, 0.2) is 5.82 Å². The molecule has 0 aliphatic carbocycles. The van der Waals surface area contributed by atoms with Crippen LogP contribution >= 0.6 is 0 Å². The number of halogens is 3. The topological polar surface area (TPSA) is 78.8 Å². The van der Waals surface area contributed by atoms with E-state index in [2.05, 4.69) is 10.2 Å². The van der Waals surface area contributed by atoms with E-state index >= 15 is 0 Å². The van der Waals surface area contributed by atoms with Gasteiger partial charge in [0.25, 0.3) is 0 Å². The Labute approximate surface area is 171 Å². The van der Waals surface area contributed by atoms with Gasteiger partial charge in [0.2, 0.25) is 5.91 Å². The summed E-state index contributed by atoms with van der Waals surface area (Å²) < 4.78 is 44.6. The fraction of sp³-hybridized carbons (Fsp3) is 0.450. The lowest BCUT2D eigenvalue weighted by Gasteiger charge is -2.37. The average Bonchev–Trinajstić information content (AvgIpc) is 3.12. The largest absolute Gasteiger partial charge is 0.507 e. The fourth-order valence-corrected chi connectivity index (χ4v) is 4.11. The molecule has 0 bridgehead atoms. The summed E-state index contributed by atoms with van der Waals surface area (Å²) in [5.41, 5.74) is -0.167. The first-order valence-electron chi connectivity index (χ1n) is 9.54. The van der Waals surface area contributed by atoms with Gasteiger partial charge in [-0.15, -0.1) is 10.2 Å². The van der Waals surface area contributed by atoms with Crippen molar-refractivity contribution in [1.29, 1.82) is 0 Å². The van der Waals surface area contributed by atoms with Crippen LogP contribution in [-0.4, -0.2) is 64.5 Å². The maximum absolute atomic E-state index is 12.9. The summed E-state index contributed by atoms with van der Waals surface area (Å²) in [6.45, 7) is 5.15. The number of aromatic nitrogens is 2. The minimum absolute atomic E-state index is 0.0114. The van der Waals surface area contributed by atoms with E-state index in [0.29, 0.717) is 38.1 Å². The third kappa shape index (κ3) is 3.67. The molecule has 1 amide bonds. The monoisotopic (exact) mass is 422 g/mol. The van der Waals surface area contributed by atoms with Crippen LogP contribution in [0.1, 0.15) is 18.1 Å². The van der Waals surface area contributed by atoms with Crippen LogP contribution in [0.4, 0.5) is 19.0 Å². The SMILES string of the molecule is CC(=O)N1C[C@H]2OCCN(c3ccc(-c4c(C)cc(C(F)(F)F)cc4O)nn3)[C@H]2C1. The number of fused-ring (bicyclic) bond motifs is 1. The predicted octanol–water partition coefficient (Wildman–Crippen LogP) is 2.61. The van der Waals surface area contributed by atoms with Crippen molar-refractivity contribution in [3.63, 3.8) is 0 Å². The molecule has 2 atom stereocenters. The van der Waals surface area contributed by atoms with Gasteiger partial charge in [-0.3, -0.25) is 4.79 Å². The van der Waals surface area contributed by atoms with E-state index in [0.717, 1.165) is 6.07 Å². The molecule has 160 valence electrons. The van der Waals surface area contributed by atoms with Gasteiger partial charge >= 0.3 is 6.18 Å². The number of carbonyl (C=O) groups excluding carboxylic acids is 1. The highest BCUT2D eigenvalue weighted by molar-refractivity contribution is 5.74. The van der Waals surface area contributed by atoms with Crippen molar-refractivity contribution in [2.24, 2.45) is 0 Å². The zero-order valence-corrected chi connectivity index (χ0v) is 16.5. The lowest BCUT2D eigenvalue weighted by atomic mass is 10.0. The van der Waals surface area contributed by atoms with Crippen LogP contribution in [0.3, 0.4) is 0 Å². The zero-order chi connectivity index (χ0) is 21.6. The number of phenols is 1. The summed E-state index contributed by atoms with van der Waals surface area (Å²) in [5.74, 6) is 0.0813. The van der Waals surface area contributed by atoms with E-state index in [1.807, 2.05) is 4.90 Å². The summed E-state index contributed by atoms with van der Waals surface area (Å²) in [7, 11) is 0. The molecule has 1 N–H and O–H groups in total. The van der Waals surface area contributed by atoms with Crippen LogP contribution in [0.25, 0.3) is 11.3 Å². The van der Waals surface area contributed by atoms with Gasteiger partial charge in [-0.05, 0) is 36.8 Å². The normalized spacial score (nSPS) is 21.6. The molecule has 2 aliphatic rings. The van der Waals surface area contributed by atoms with Crippen molar-refractivity contribution >= 4 is 11.7 Å².